The molecule has 7 heteroatoms. The second-order valence-electron chi connectivity index (χ2n) is 10.6. The minimum Gasteiger partial charge on any atom is -0.486 e. The van der Waals surface area contributed by atoms with Crippen LogP contribution in [0.3, 0.4) is 0 Å². The van der Waals surface area contributed by atoms with Gasteiger partial charge in [-0.2, -0.15) is 0 Å². The number of pyridine rings is 1. The topological polar surface area (TPSA) is 78.5 Å². The van der Waals surface area contributed by atoms with Gasteiger partial charge in [0.2, 0.25) is 5.91 Å². The van der Waals surface area contributed by atoms with Gasteiger partial charge < -0.3 is 19.7 Å². The van der Waals surface area contributed by atoms with Gasteiger partial charge in [-0.3, -0.25) is 4.79 Å². The van der Waals surface area contributed by atoms with Crippen molar-refractivity contribution in [3.63, 3.8) is 0 Å². The molecule has 2 aromatic heterocycles. The number of aromatic amines is 1. The number of carbonyl (C=O) groups excluding carboxylic acids is 1. The van der Waals surface area contributed by atoms with Crippen LogP contribution in [0.1, 0.15) is 85.6 Å². The molecule has 1 aliphatic heterocycles. The van der Waals surface area contributed by atoms with Crippen molar-refractivity contribution in [2.45, 2.75) is 104 Å². The molecule has 0 bridgehead atoms. The number of fused-ring (bicyclic) bond motifs is 1. The van der Waals surface area contributed by atoms with Gasteiger partial charge in [0.25, 0.3) is 0 Å². The molecule has 1 amide bonds. The first-order valence-corrected chi connectivity index (χ1v) is 11.7. The van der Waals surface area contributed by atoms with Crippen LogP contribution in [0.5, 0.6) is 5.75 Å². The molecule has 1 saturated heterocycles. The number of aliphatic hydroxyl groups is 1. The summed E-state index contributed by atoms with van der Waals surface area (Å²) >= 11 is 0. The highest BCUT2D eigenvalue weighted by atomic mass is 19.1. The molecule has 1 fully saturated rings. The van der Waals surface area contributed by atoms with Crippen molar-refractivity contribution in [3.05, 3.63) is 23.8 Å². The number of rotatable bonds is 7. The van der Waals surface area contributed by atoms with Crippen molar-refractivity contribution in [1.82, 2.24) is 14.9 Å². The fourth-order valence-corrected chi connectivity index (χ4v) is 5.20. The predicted octanol–water partition coefficient (Wildman–Crippen LogP) is 5.16. The van der Waals surface area contributed by atoms with E-state index in [0.717, 1.165) is 18.4 Å². The van der Waals surface area contributed by atoms with E-state index in [2.05, 4.69) is 23.8 Å². The van der Waals surface area contributed by atoms with Crippen LogP contribution >= 0.6 is 0 Å². The fraction of sp³-hybridized carbons (Fsp3) is 0.680. The van der Waals surface area contributed by atoms with Crippen LogP contribution in [0.4, 0.5) is 4.39 Å². The Bertz CT molecular complexity index is 950. The van der Waals surface area contributed by atoms with Gasteiger partial charge in [0, 0.05) is 24.7 Å². The lowest BCUT2D eigenvalue weighted by molar-refractivity contribution is -0.140. The van der Waals surface area contributed by atoms with Crippen LogP contribution in [0.15, 0.2) is 12.4 Å². The molecule has 0 radical (unpaired) electrons. The highest BCUT2D eigenvalue weighted by Gasteiger charge is 2.37. The molecule has 0 aliphatic carbocycles. The number of piperidine rings is 1. The standard InChI is InChI=1S/C25H38FN3O3/c1-14(2)32-20-13-28-24-22(23(20)26)19(12-27-24)16(4)10-21(30)29-17(5)8-15(3)9-18(29)11-25(6,7)31/h12-18,31H,8-11H2,1-7H3,(H,27,28). The van der Waals surface area contributed by atoms with Gasteiger partial charge in [0.1, 0.15) is 5.65 Å². The first kappa shape index (κ1) is 24.5. The Morgan fingerprint density at radius 1 is 1.34 bits per heavy atom. The molecular weight excluding hydrogens is 409 g/mol. The zero-order valence-corrected chi connectivity index (χ0v) is 20.4. The van der Waals surface area contributed by atoms with Crippen molar-refractivity contribution < 1.29 is 19.0 Å². The Balaban J connectivity index is 1.85. The van der Waals surface area contributed by atoms with Gasteiger partial charge in [-0.05, 0) is 71.3 Å². The maximum atomic E-state index is 15.2. The Morgan fingerprint density at radius 3 is 2.66 bits per heavy atom. The molecule has 1 aliphatic rings. The normalized spacial score (nSPS) is 23.1. The lowest BCUT2D eigenvalue weighted by Crippen LogP contribution is -2.53. The first-order chi connectivity index (χ1) is 14.9. The van der Waals surface area contributed by atoms with E-state index in [1.165, 1.54) is 6.20 Å². The minimum absolute atomic E-state index is 0.000802. The molecule has 6 nitrogen and oxygen atoms in total. The Morgan fingerprint density at radius 2 is 2.03 bits per heavy atom. The third kappa shape index (κ3) is 5.42. The Kier molecular flexibility index (Phi) is 7.18. The Hall–Kier alpha value is -2.15. The Labute approximate surface area is 190 Å². The lowest BCUT2D eigenvalue weighted by Gasteiger charge is -2.45. The molecule has 2 N–H and O–H groups in total. The SMILES string of the molecule is CC1CC(C)N(C(=O)CC(C)c2c[nH]c3ncc(OC(C)C)c(F)c23)C(CC(C)(C)O)C1. The highest BCUT2D eigenvalue weighted by molar-refractivity contribution is 5.84. The molecule has 32 heavy (non-hydrogen) atoms. The quantitative estimate of drug-likeness (QED) is 0.615. The number of nitrogens with one attached hydrogen (secondary N) is 1. The molecule has 0 saturated carbocycles. The summed E-state index contributed by atoms with van der Waals surface area (Å²) in [6.45, 7) is 13.5. The number of nitrogens with zero attached hydrogens (tertiary/aromatic N) is 2. The number of likely N-dealkylation sites (tertiary alicyclic amines) is 1. The second-order valence-corrected chi connectivity index (χ2v) is 10.6. The number of H-pyrrole nitrogens is 1. The number of carbonyl (C=O) groups is 1. The molecule has 4 atom stereocenters. The van der Waals surface area contributed by atoms with Gasteiger partial charge >= 0.3 is 0 Å². The molecular formula is C25H38FN3O3. The fourth-order valence-electron chi connectivity index (χ4n) is 5.20. The number of halogens is 1. The average Bonchev–Trinajstić information content (AvgIpc) is 3.06. The van der Waals surface area contributed by atoms with Crippen molar-refractivity contribution in [1.29, 1.82) is 0 Å². The number of hydrogen-bond donors (Lipinski definition) is 2. The summed E-state index contributed by atoms with van der Waals surface area (Å²) in [7, 11) is 0. The van der Waals surface area contributed by atoms with Crippen molar-refractivity contribution in [2.75, 3.05) is 0 Å². The van der Waals surface area contributed by atoms with E-state index in [1.807, 2.05) is 25.7 Å². The van der Waals surface area contributed by atoms with E-state index in [-0.39, 0.29) is 42.2 Å². The molecule has 0 aromatic carbocycles. The molecule has 0 spiro atoms. The van der Waals surface area contributed by atoms with Crippen LogP contribution in [-0.2, 0) is 4.79 Å². The number of hydrogen-bond acceptors (Lipinski definition) is 4. The van der Waals surface area contributed by atoms with Crippen LogP contribution in [0.25, 0.3) is 11.0 Å². The zero-order chi connectivity index (χ0) is 23.8. The van der Waals surface area contributed by atoms with Crippen molar-refractivity contribution in [2.24, 2.45) is 5.92 Å². The molecule has 2 aromatic rings. The largest absolute Gasteiger partial charge is 0.486 e. The van der Waals surface area contributed by atoms with Crippen LogP contribution < -0.4 is 4.74 Å². The summed E-state index contributed by atoms with van der Waals surface area (Å²) in [4.78, 5) is 22.7. The van der Waals surface area contributed by atoms with E-state index < -0.39 is 11.4 Å². The van der Waals surface area contributed by atoms with Crippen molar-refractivity contribution >= 4 is 16.9 Å². The van der Waals surface area contributed by atoms with E-state index in [1.54, 1.807) is 20.0 Å². The summed E-state index contributed by atoms with van der Waals surface area (Å²) in [5.74, 6) is 0.0294. The number of aromatic nitrogens is 2. The van der Waals surface area contributed by atoms with E-state index in [0.29, 0.717) is 23.4 Å². The van der Waals surface area contributed by atoms with Gasteiger partial charge in [-0.15, -0.1) is 0 Å². The average molecular weight is 448 g/mol. The third-order valence-corrected chi connectivity index (χ3v) is 6.32. The van der Waals surface area contributed by atoms with E-state index in [9.17, 15) is 9.90 Å². The maximum Gasteiger partial charge on any atom is 0.223 e. The molecule has 4 unspecified atom stereocenters. The monoisotopic (exact) mass is 447 g/mol. The maximum absolute atomic E-state index is 15.2. The summed E-state index contributed by atoms with van der Waals surface area (Å²) in [6.07, 6.45) is 5.62. The summed E-state index contributed by atoms with van der Waals surface area (Å²) in [5.41, 5.74) is 0.335. The van der Waals surface area contributed by atoms with Gasteiger partial charge in [-0.1, -0.05) is 13.8 Å². The highest BCUT2D eigenvalue weighted by Crippen LogP contribution is 2.36. The summed E-state index contributed by atoms with van der Waals surface area (Å²) in [6, 6.07) is 0.110. The second kappa shape index (κ2) is 9.38. The number of ether oxygens (including phenoxy) is 1. The predicted molar refractivity (Wildman–Crippen MR) is 124 cm³/mol. The molecule has 3 heterocycles. The van der Waals surface area contributed by atoms with Crippen LogP contribution in [0, 0.1) is 11.7 Å². The molecule has 178 valence electrons. The zero-order valence-electron chi connectivity index (χ0n) is 20.4. The third-order valence-electron chi connectivity index (χ3n) is 6.32. The van der Waals surface area contributed by atoms with Gasteiger partial charge in [0.15, 0.2) is 11.6 Å². The van der Waals surface area contributed by atoms with E-state index in [4.69, 9.17) is 4.74 Å². The summed E-state index contributed by atoms with van der Waals surface area (Å²) < 4.78 is 20.8. The van der Waals surface area contributed by atoms with Crippen LogP contribution in [0.2, 0.25) is 0 Å². The minimum atomic E-state index is -0.843. The van der Waals surface area contributed by atoms with Gasteiger partial charge in [-0.25, -0.2) is 9.37 Å². The smallest absolute Gasteiger partial charge is 0.223 e. The summed E-state index contributed by atoms with van der Waals surface area (Å²) in [5, 5.41) is 10.8. The molecule has 3 rings (SSSR count). The lowest BCUT2D eigenvalue weighted by atomic mass is 9.82. The first-order valence-electron chi connectivity index (χ1n) is 11.7. The van der Waals surface area contributed by atoms with E-state index >= 15 is 4.39 Å². The van der Waals surface area contributed by atoms with Gasteiger partial charge in [0.05, 0.1) is 23.3 Å². The van der Waals surface area contributed by atoms with Crippen LogP contribution in [-0.4, -0.2) is 49.7 Å². The number of amides is 1. The van der Waals surface area contributed by atoms with Crippen molar-refractivity contribution in [3.8, 4) is 5.75 Å².